The standard InChI is InChI=1S/C13H26N2O3/c1-8(2)9(7-14)10(16)15-13(5,6)12(3,4)11(17)18/h8-9H,7,14H2,1-6H3,(H,15,16)(H,17,18). The third-order valence-corrected chi connectivity index (χ3v) is 3.93. The summed E-state index contributed by atoms with van der Waals surface area (Å²) in [5.74, 6) is -1.30. The highest BCUT2D eigenvalue weighted by atomic mass is 16.4. The Hall–Kier alpha value is -1.10. The minimum Gasteiger partial charge on any atom is -0.481 e. The average molecular weight is 258 g/mol. The molecule has 0 aliphatic carbocycles. The Kier molecular flexibility index (Phi) is 5.35. The Labute approximate surface area is 109 Å². The van der Waals surface area contributed by atoms with Crippen LogP contribution in [0.2, 0.25) is 0 Å². The molecule has 0 aromatic rings. The summed E-state index contributed by atoms with van der Waals surface area (Å²) < 4.78 is 0. The molecule has 18 heavy (non-hydrogen) atoms. The molecule has 0 rings (SSSR count). The van der Waals surface area contributed by atoms with Crippen LogP contribution < -0.4 is 11.1 Å². The van der Waals surface area contributed by atoms with Gasteiger partial charge in [0, 0.05) is 12.1 Å². The first-order valence-corrected chi connectivity index (χ1v) is 6.23. The summed E-state index contributed by atoms with van der Waals surface area (Å²) >= 11 is 0. The van der Waals surface area contributed by atoms with Gasteiger partial charge in [-0.3, -0.25) is 9.59 Å². The van der Waals surface area contributed by atoms with Gasteiger partial charge in [-0.25, -0.2) is 0 Å². The molecule has 1 atom stereocenters. The highest BCUT2D eigenvalue weighted by Crippen LogP contribution is 2.31. The lowest BCUT2D eigenvalue weighted by atomic mass is 9.74. The van der Waals surface area contributed by atoms with E-state index < -0.39 is 16.9 Å². The maximum absolute atomic E-state index is 12.1. The van der Waals surface area contributed by atoms with Crippen molar-refractivity contribution in [2.75, 3.05) is 6.54 Å². The van der Waals surface area contributed by atoms with Crippen molar-refractivity contribution in [3.63, 3.8) is 0 Å². The van der Waals surface area contributed by atoms with Crippen LogP contribution in [0.25, 0.3) is 0 Å². The first-order valence-electron chi connectivity index (χ1n) is 6.23. The van der Waals surface area contributed by atoms with Crippen molar-refractivity contribution in [2.45, 2.75) is 47.1 Å². The number of nitrogens with two attached hydrogens (primary N) is 1. The zero-order valence-corrected chi connectivity index (χ0v) is 12.2. The number of hydrogen-bond acceptors (Lipinski definition) is 3. The lowest BCUT2D eigenvalue weighted by Gasteiger charge is -2.40. The Morgan fingerprint density at radius 3 is 1.94 bits per heavy atom. The predicted octanol–water partition coefficient (Wildman–Crippen LogP) is 1.22. The molecule has 0 saturated heterocycles. The molecule has 5 nitrogen and oxygen atoms in total. The fourth-order valence-corrected chi connectivity index (χ4v) is 1.51. The van der Waals surface area contributed by atoms with Crippen molar-refractivity contribution < 1.29 is 14.7 Å². The SMILES string of the molecule is CC(C)C(CN)C(=O)NC(C)(C)C(C)(C)C(=O)O. The molecule has 0 aromatic heterocycles. The molecule has 0 heterocycles. The normalized spacial score (nSPS) is 14.4. The number of nitrogens with one attached hydrogen (secondary N) is 1. The van der Waals surface area contributed by atoms with Crippen LogP contribution in [0, 0.1) is 17.3 Å². The summed E-state index contributed by atoms with van der Waals surface area (Å²) in [5, 5.41) is 12.0. The van der Waals surface area contributed by atoms with Gasteiger partial charge in [0.1, 0.15) is 0 Å². The molecule has 1 amide bonds. The largest absolute Gasteiger partial charge is 0.481 e. The van der Waals surface area contributed by atoms with Gasteiger partial charge in [-0.05, 0) is 33.6 Å². The molecule has 0 aliphatic rings. The molecular weight excluding hydrogens is 232 g/mol. The summed E-state index contributed by atoms with van der Waals surface area (Å²) in [6.07, 6.45) is 0. The van der Waals surface area contributed by atoms with Crippen molar-refractivity contribution in [3.8, 4) is 0 Å². The number of carboxylic acids is 1. The van der Waals surface area contributed by atoms with E-state index in [-0.39, 0.29) is 24.3 Å². The van der Waals surface area contributed by atoms with Gasteiger partial charge in [0.25, 0.3) is 0 Å². The van der Waals surface area contributed by atoms with E-state index in [0.29, 0.717) is 0 Å². The minimum absolute atomic E-state index is 0.124. The monoisotopic (exact) mass is 258 g/mol. The van der Waals surface area contributed by atoms with Crippen LogP contribution in [0.15, 0.2) is 0 Å². The molecule has 4 N–H and O–H groups in total. The molecule has 5 heteroatoms. The Morgan fingerprint density at radius 2 is 1.67 bits per heavy atom. The lowest BCUT2D eigenvalue weighted by molar-refractivity contribution is -0.152. The topological polar surface area (TPSA) is 92.4 Å². The number of amides is 1. The van der Waals surface area contributed by atoms with E-state index in [1.807, 2.05) is 13.8 Å². The highest BCUT2D eigenvalue weighted by molar-refractivity contribution is 5.82. The molecule has 1 unspecified atom stereocenters. The van der Waals surface area contributed by atoms with Gasteiger partial charge in [-0.15, -0.1) is 0 Å². The van der Waals surface area contributed by atoms with Gasteiger partial charge in [0.15, 0.2) is 0 Å². The zero-order valence-electron chi connectivity index (χ0n) is 12.2. The van der Waals surface area contributed by atoms with Gasteiger partial charge in [-0.2, -0.15) is 0 Å². The van der Waals surface area contributed by atoms with Gasteiger partial charge < -0.3 is 16.2 Å². The Bertz CT molecular complexity index is 322. The fourth-order valence-electron chi connectivity index (χ4n) is 1.51. The second-order valence-electron chi connectivity index (χ2n) is 6.13. The smallest absolute Gasteiger partial charge is 0.311 e. The summed E-state index contributed by atoms with van der Waals surface area (Å²) in [6.45, 7) is 10.7. The van der Waals surface area contributed by atoms with Crippen molar-refractivity contribution in [2.24, 2.45) is 23.0 Å². The number of carbonyl (C=O) groups excluding carboxylic acids is 1. The molecule has 0 aromatic carbocycles. The number of hydrogen-bond donors (Lipinski definition) is 3. The molecule has 0 bridgehead atoms. The lowest BCUT2D eigenvalue weighted by Crippen LogP contribution is -2.58. The summed E-state index contributed by atoms with van der Waals surface area (Å²) in [5.41, 5.74) is 3.68. The number of rotatable bonds is 6. The summed E-state index contributed by atoms with van der Waals surface area (Å²) in [4.78, 5) is 23.4. The van der Waals surface area contributed by atoms with E-state index in [2.05, 4.69) is 5.32 Å². The number of carbonyl (C=O) groups is 2. The molecule has 0 aliphatic heterocycles. The van der Waals surface area contributed by atoms with Crippen LogP contribution in [0.5, 0.6) is 0 Å². The van der Waals surface area contributed by atoms with Gasteiger partial charge >= 0.3 is 5.97 Å². The van der Waals surface area contributed by atoms with E-state index in [9.17, 15) is 14.7 Å². The average Bonchev–Trinajstić information content (AvgIpc) is 2.16. The molecular formula is C13H26N2O3. The zero-order chi connectivity index (χ0) is 14.7. The molecule has 106 valence electrons. The van der Waals surface area contributed by atoms with Gasteiger partial charge in [-0.1, -0.05) is 13.8 Å². The number of aliphatic carboxylic acids is 1. The van der Waals surface area contributed by atoms with E-state index in [1.54, 1.807) is 27.7 Å². The third-order valence-electron chi connectivity index (χ3n) is 3.93. The quantitative estimate of drug-likeness (QED) is 0.668. The second-order valence-corrected chi connectivity index (χ2v) is 6.13. The molecule has 0 saturated carbocycles. The summed E-state index contributed by atoms with van der Waals surface area (Å²) in [7, 11) is 0. The van der Waals surface area contributed by atoms with Crippen molar-refractivity contribution >= 4 is 11.9 Å². The van der Waals surface area contributed by atoms with Crippen molar-refractivity contribution in [3.05, 3.63) is 0 Å². The fraction of sp³-hybridized carbons (Fsp3) is 0.846. The van der Waals surface area contributed by atoms with Crippen LogP contribution in [-0.4, -0.2) is 29.1 Å². The maximum atomic E-state index is 12.1. The second kappa shape index (κ2) is 5.69. The van der Waals surface area contributed by atoms with Crippen LogP contribution in [0.1, 0.15) is 41.5 Å². The van der Waals surface area contributed by atoms with E-state index >= 15 is 0 Å². The van der Waals surface area contributed by atoms with Gasteiger partial charge in [0.2, 0.25) is 5.91 Å². The Morgan fingerprint density at radius 1 is 1.22 bits per heavy atom. The highest BCUT2D eigenvalue weighted by Gasteiger charge is 2.45. The molecule has 0 radical (unpaired) electrons. The van der Waals surface area contributed by atoms with Crippen LogP contribution >= 0.6 is 0 Å². The Balaban J connectivity index is 4.98. The van der Waals surface area contributed by atoms with E-state index in [0.717, 1.165) is 0 Å². The van der Waals surface area contributed by atoms with E-state index in [1.165, 1.54) is 0 Å². The van der Waals surface area contributed by atoms with Gasteiger partial charge in [0.05, 0.1) is 11.3 Å². The van der Waals surface area contributed by atoms with Crippen molar-refractivity contribution in [1.82, 2.24) is 5.32 Å². The third kappa shape index (κ3) is 3.45. The predicted molar refractivity (Wildman–Crippen MR) is 71.0 cm³/mol. The van der Waals surface area contributed by atoms with E-state index in [4.69, 9.17) is 5.73 Å². The van der Waals surface area contributed by atoms with Crippen LogP contribution in [0.4, 0.5) is 0 Å². The van der Waals surface area contributed by atoms with Crippen LogP contribution in [0.3, 0.4) is 0 Å². The molecule has 0 spiro atoms. The van der Waals surface area contributed by atoms with Crippen LogP contribution in [-0.2, 0) is 9.59 Å². The number of carboxylic acid groups (broad SMARTS) is 1. The minimum atomic E-state index is -1.06. The first-order chi connectivity index (χ1) is 7.97. The maximum Gasteiger partial charge on any atom is 0.311 e. The first kappa shape index (κ1) is 16.9. The molecule has 0 fully saturated rings. The van der Waals surface area contributed by atoms with Crippen molar-refractivity contribution in [1.29, 1.82) is 0 Å². The summed E-state index contributed by atoms with van der Waals surface area (Å²) in [6, 6.07) is 0.